The number of hydrogen-bond acceptors (Lipinski definition) is 6. The van der Waals surface area contributed by atoms with Crippen LogP contribution in [-0.4, -0.2) is 21.2 Å². The van der Waals surface area contributed by atoms with E-state index in [0.717, 1.165) is 18.6 Å². The van der Waals surface area contributed by atoms with Gasteiger partial charge in [0.05, 0.1) is 12.6 Å². The standard InChI is InChI=1S/C11H12N4O3/c1-6-8(15-18-14-6)4-10(16)13-11-12-5-9(17-11)7-2-3-7/h5,7H,2-4H2,1H3,(H,12,13,16). The van der Waals surface area contributed by atoms with Gasteiger partial charge in [0, 0.05) is 5.92 Å². The molecule has 0 bridgehead atoms. The van der Waals surface area contributed by atoms with Gasteiger partial charge in [0.25, 0.3) is 0 Å². The molecule has 0 unspecified atom stereocenters. The molecule has 7 nitrogen and oxygen atoms in total. The third kappa shape index (κ3) is 2.24. The fourth-order valence-electron chi connectivity index (χ4n) is 1.63. The topological polar surface area (TPSA) is 94.0 Å². The summed E-state index contributed by atoms with van der Waals surface area (Å²) < 4.78 is 9.95. The third-order valence-electron chi connectivity index (χ3n) is 2.82. The Bertz CT molecular complexity index is 570. The molecule has 0 radical (unpaired) electrons. The Labute approximate surface area is 103 Å². The number of aromatic nitrogens is 3. The zero-order chi connectivity index (χ0) is 12.5. The molecule has 0 aromatic carbocycles. The van der Waals surface area contributed by atoms with Crippen molar-refractivity contribution in [2.75, 3.05) is 5.32 Å². The van der Waals surface area contributed by atoms with Gasteiger partial charge in [0.2, 0.25) is 5.91 Å². The van der Waals surface area contributed by atoms with Crippen LogP contribution in [0.4, 0.5) is 6.01 Å². The third-order valence-corrected chi connectivity index (χ3v) is 2.82. The van der Waals surface area contributed by atoms with Crippen LogP contribution < -0.4 is 5.32 Å². The first kappa shape index (κ1) is 10.9. The van der Waals surface area contributed by atoms with Gasteiger partial charge in [-0.05, 0) is 19.8 Å². The molecular formula is C11H12N4O3. The number of carbonyl (C=O) groups is 1. The van der Waals surface area contributed by atoms with E-state index in [1.54, 1.807) is 13.1 Å². The van der Waals surface area contributed by atoms with Crippen molar-refractivity contribution in [2.24, 2.45) is 0 Å². The highest BCUT2D eigenvalue weighted by Crippen LogP contribution is 2.40. The summed E-state index contributed by atoms with van der Waals surface area (Å²) in [6.07, 6.45) is 4.02. The number of rotatable bonds is 4. The monoisotopic (exact) mass is 248 g/mol. The molecule has 3 rings (SSSR count). The maximum atomic E-state index is 11.7. The Morgan fingerprint density at radius 3 is 3.00 bits per heavy atom. The molecule has 0 spiro atoms. The Hall–Kier alpha value is -2.18. The number of nitrogens with one attached hydrogen (secondary N) is 1. The maximum absolute atomic E-state index is 11.7. The number of nitrogens with zero attached hydrogens (tertiary/aromatic N) is 3. The Morgan fingerprint density at radius 2 is 2.33 bits per heavy atom. The molecule has 2 aromatic heterocycles. The normalized spacial score (nSPS) is 14.7. The van der Waals surface area contributed by atoms with E-state index < -0.39 is 0 Å². The summed E-state index contributed by atoms with van der Waals surface area (Å²) in [6, 6.07) is 0.232. The molecule has 1 N–H and O–H groups in total. The van der Waals surface area contributed by atoms with Gasteiger partial charge in [0.15, 0.2) is 0 Å². The molecule has 7 heteroatoms. The SMILES string of the molecule is Cc1nonc1CC(=O)Nc1ncc(C2CC2)o1. The van der Waals surface area contributed by atoms with Gasteiger partial charge in [-0.1, -0.05) is 10.3 Å². The van der Waals surface area contributed by atoms with Crippen LogP contribution in [0.25, 0.3) is 0 Å². The summed E-state index contributed by atoms with van der Waals surface area (Å²) in [6.45, 7) is 1.73. The van der Waals surface area contributed by atoms with Crippen LogP contribution in [0.3, 0.4) is 0 Å². The van der Waals surface area contributed by atoms with Crippen molar-refractivity contribution in [3.05, 3.63) is 23.3 Å². The van der Waals surface area contributed by atoms with Gasteiger partial charge >= 0.3 is 6.01 Å². The Morgan fingerprint density at radius 1 is 1.50 bits per heavy atom. The van der Waals surface area contributed by atoms with Crippen LogP contribution in [0.2, 0.25) is 0 Å². The predicted molar refractivity (Wildman–Crippen MR) is 59.8 cm³/mol. The van der Waals surface area contributed by atoms with Crippen molar-refractivity contribution in [3.63, 3.8) is 0 Å². The van der Waals surface area contributed by atoms with Gasteiger partial charge in [-0.25, -0.2) is 9.61 Å². The highest BCUT2D eigenvalue weighted by atomic mass is 16.6. The number of oxazole rings is 1. The van der Waals surface area contributed by atoms with Gasteiger partial charge in [-0.2, -0.15) is 0 Å². The molecule has 1 fully saturated rings. The van der Waals surface area contributed by atoms with E-state index in [1.807, 2.05) is 0 Å². The number of aryl methyl sites for hydroxylation is 1. The van der Waals surface area contributed by atoms with Crippen molar-refractivity contribution in [3.8, 4) is 0 Å². The van der Waals surface area contributed by atoms with E-state index in [9.17, 15) is 4.79 Å². The molecule has 0 saturated heterocycles. The van der Waals surface area contributed by atoms with Gasteiger partial charge in [0.1, 0.15) is 17.1 Å². The van der Waals surface area contributed by atoms with E-state index in [-0.39, 0.29) is 18.3 Å². The van der Waals surface area contributed by atoms with E-state index in [0.29, 0.717) is 17.3 Å². The number of hydrogen-bond donors (Lipinski definition) is 1. The van der Waals surface area contributed by atoms with Gasteiger partial charge < -0.3 is 4.42 Å². The summed E-state index contributed by atoms with van der Waals surface area (Å²) in [5.74, 6) is 1.06. The molecule has 18 heavy (non-hydrogen) atoms. The first-order valence-electron chi connectivity index (χ1n) is 5.76. The molecule has 1 aliphatic rings. The second kappa shape index (κ2) is 4.25. The summed E-state index contributed by atoms with van der Waals surface area (Å²) in [7, 11) is 0. The maximum Gasteiger partial charge on any atom is 0.301 e. The van der Waals surface area contributed by atoms with E-state index in [1.165, 1.54) is 0 Å². The average Bonchev–Trinajstić information content (AvgIpc) is 2.97. The smallest absolute Gasteiger partial charge is 0.301 e. The van der Waals surface area contributed by atoms with E-state index >= 15 is 0 Å². The molecule has 0 aliphatic heterocycles. The Kier molecular flexibility index (Phi) is 2.58. The number of anilines is 1. The summed E-state index contributed by atoms with van der Waals surface area (Å²) in [4.78, 5) is 15.7. The number of carbonyl (C=O) groups excluding carboxylic acids is 1. The fourth-order valence-corrected chi connectivity index (χ4v) is 1.63. The molecule has 1 aliphatic carbocycles. The van der Waals surface area contributed by atoms with Crippen molar-refractivity contribution in [1.29, 1.82) is 0 Å². The van der Waals surface area contributed by atoms with Crippen LogP contribution in [0, 0.1) is 6.92 Å². The zero-order valence-corrected chi connectivity index (χ0v) is 9.84. The van der Waals surface area contributed by atoms with Crippen molar-refractivity contribution >= 4 is 11.9 Å². The second-order valence-corrected chi connectivity index (χ2v) is 4.36. The molecule has 2 heterocycles. The Balaban J connectivity index is 1.61. The summed E-state index contributed by atoms with van der Waals surface area (Å²) >= 11 is 0. The average molecular weight is 248 g/mol. The van der Waals surface area contributed by atoms with E-state index in [4.69, 9.17) is 4.42 Å². The van der Waals surface area contributed by atoms with E-state index in [2.05, 4.69) is 25.2 Å². The summed E-state index contributed by atoms with van der Waals surface area (Å²) in [5.41, 5.74) is 1.12. The fraction of sp³-hybridized carbons (Fsp3) is 0.455. The lowest BCUT2D eigenvalue weighted by Crippen LogP contribution is -2.15. The van der Waals surface area contributed by atoms with Crippen molar-refractivity contribution in [2.45, 2.75) is 32.1 Å². The van der Waals surface area contributed by atoms with Crippen LogP contribution in [0.15, 0.2) is 15.2 Å². The van der Waals surface area contributed by atoms with Gasteiger partial charge in [-0.15, -0.1) is 0 Å². The van der Waals surface area contributed by atoms with Crippen LogP contribution >= 0.6 is 0 Å². The largest absolute Gasteiger partial charge is 0.428 e. The first-order valence-corrected chi connectivity index (χ1v) is 5.76. The quantitative estimate of drug-likeness (QED) is 0.879. The molecule has 1 saturated carbocycles. The number of amides is 1. The molecule has 1 amide bonds. The highest BCUT2D eigenvalue weighted by molar-refractivity contribution is 5.90. The van der Waals surface area contributed by atoms with Crippen molar-refractivity contribution < 1.29 is 13.8 Å². The minimum absolute atomic E-state index is 0.0937. The lowest BCUT2D eigenvalue weighted by molar-refractivity contribution is -0.115. The summed E-state index contributed by atoms with van der Waals surface area (Å²) in [5, 5.41) is 9.83. The lowest BCUT2D eigenvalue weighted by atomic mass is 10.2. The highest BCUT2D eigenvalue weighted by Gasteiger charge is 2.27. The minimum atomic E-state index is -0.252. The lowest BCUT2D eigenvalue weighted by Gasteiger charge is -1.98. The van der Waals surface area contributed by atoms with Crippen LogP contribution in [0.5, 0.6) is 0 Å². The molecule has 0 atom stereocenters. The second-order valence-electron chi connectivity index (χ2n) is 4.36. The molecule has 94 valence electrons. The predicted octanol–water partition coefficient (Wildman–Crippen LogP) is 1.42. The molecule has 2 aromatic rings. The minimum Gasteiger partial charge on any atom is -0.428 e. The van der Waals surface area contributed by atoms with Crippen LogP contribution in [0.1, 0.15) is 35.9 Å². The van der Waals surface area contributed by atoms with Crippen molar-refractivity contribution in [1.82, 2.24) is 15.3 Å². The molecular weight excluding hydrogens is 236 g/mol. The zero-order valence-electron chi connectivity index (χ0n) is 9.84. The van der Waals surface area contributed by atoms with Gasteiger partial charge in [-0.3, -0.25) is 10.1 Å². The first-order chi connectivity index (χ1) is 8.72. The van der Waals surface area contributed by atoms with Crippen LogP contribution in [-0.2, 0) is 11.2 Å².